The Morgan fingerprint density at radius 2 is 2.04 bits per heavy atom. The van der Waals surface area contributed by atoms with Crippen LogP contribution in [0.2, 0.25) is 5.02 Å². The second-order valence-corrected chi connectivity index (χ2v) is 9.45. The number of amides is 1. The molecular weight excluding hydrogens is 381 g/mol. The lowest BCUT2D eigenvalue weighted by molar-refractivity contribution is 0.102. The molecule has 9 heteroatoms. The van der Waals surface area contributed by atoms with Gasteiger partial charge in [-0.15, -0.1) is 0 Å². The van der Waals surface area contributed by atoms with Crippen molar-refractivity contribution >= 4 is 33.0 Å². The summed E-state index contributed by atoms with van der Waals surface area (Å²) in [6, 6.07) is 5.43. The van der Waals surface area contributed by atoms with E-state index in [4.69, 9.17) is 11.6 Å². The summed E-state index contributed by atoms with van der Waals surface area (Å²) in [5, 5.41) is 6.96. The zero-order chi connectivity index (χ0) is 18.5. The molecule has 1 saturated carbocycles. The molecule has 1 aromatic carbocycles. The number of carbonyl (C=O) groups excluding carboxylic acids is 1. The molecule has 1 aliphatic heterocycles. The molecule has 6 nitrogen and oxygen atoms in total. The number of aromatic nitrogens is 2. The van der Waals surface area contributed by atoms with Gasteiger partial charge in [0.25, 0.3) is 5.91 Å². The third-order valence-electron chi connectivity index (χ3n) is 4.72. The van der Waals surface area contributed by atoms with E-state index in [-0.39, 0.29) is 28.3 Å². The molecule has 1 atom stereocenters. The number of rotatable bonds is 4. The Kier molecular flexibility index (Phi) is 4.27. The molecule has 1 amide bonds. The van der Waals surface area contributed by atoms with Crippen molar-refractivity contribution in [1.82, 2.24) is 9.78 Å². The van der Waals surface area contributed by atoms with Crippen molar-refractivity contribution in [3.63, 3.8) is 0 Å². The van der Waals surface area contributed by atoms with Crippen molar-refractivity contribution < 1.29 is 17.6 Å². The molecular formula is C17H17ClFN3O3S. The number of nitrogens with zero attached hydrogens (tertiary/aromatic N) is 2. The summed E-state index contributed by atoms with van der Waals surface area (Å²) in [4.78, 5) is 12.5. The van der Waals surface area contributed by atoms with Gasteiger partial charge in [0.1, 0.15) is 5.82 Å². The lowest BCUT2D eigenvalue weighted by Crippen LogP contribution is -2.17. The van der Waals surface area contributed by atoms with Crippen LogP contribution in [-0.2, 0) is 9.84 Å². The summed E-state index contributed by atoms with van der Waals surface area (Å²) < 4.78 is 38.5. The Morgan fingerprint density at radius 1 is 1.27 bits per heavy atom. The third-order valence-corrected chi connectivity index (χ3v) is 6.76. The Labute approximate surface area is 155 Å². The van der Waals surface area contributed by atoms with Crippen LogP contribution in [0.25, 0.3) is 0 Å². The Morgan fingerprint density at radius 3 is 2.65 bits per heavy atom. The first-order chi connectivity index (χ1) is 12.3. The summed E-state index contributed by atoms with van der Waals surface area (Å²) in [6.07, 6.45) is 2.54. The van der Waals surface area contributed by atoms with Crippen molar-refractivity contribution in [2.24, 2.45) is 0 Å². The van der Waals surface area contributed by atoms with Gasteiger partial charge in [-0.2, -0.15) is 5.10 Å². The van der Waals surface area contributed by atoms with Crippen LogP contribution in [0.3, 0.4) is 0 Å². The monoisotopic (exact) mass is 397 g/mol. The number of halogens is 2. The topological polar surface area (TPSA) is 81.1 Å². The number of carbonyl (C=O) groups is 1. The smallest absolute Gasteiger partial charge is 0.276 e. The minimum Gasteiger partial charge on any atom is -0.321 e. The van der Waals surface area contributed by atoms with Crippen molar-refractivity contribution in [2.75, 3.05) is 16.8 Å². The fourth-order valence-corrected chi connectivity index (χ4v) is 5.11. The van der Waals surface area contributed by atoms with E-state index < -0.39 is 21.6 Å². The van der Waals surface area contributed by atoms with Crippen molar-refractivity contribution in [2.45, 2.75) is 31.2 Å². The van der Waals surface area contributed by atoms with E-state index in [1.807, 2.05) is 0 Å². The zero-order valence-corrected chi connectivity index (χ0v) is 15.4. The standard InChI is InChI=1S/C17H17ClFN3O3S/c18-13-7-11(3-4-14(13)19)20-17(23)15-8-16(10-1-2-10)22(21-15)12-5-6-26(24,25)9-12/h3-4,7-8,10,12H,1-2,5-6,9H2,(H,20,23)/t12-/m0/s1. The number of hydrogen-bond donors (Lipinski definition) is 1. The van der Waals surface area contributed by atoms with Gasteiger partial charge in [0.15, 0.2) is 15.5 Å². The van der Waals surface area contributed by atoms with E-state index in [2.05, 4.69) is 10.4 Å². The van der Waals surface area contributed by atoms with Crippen molar-refractivity contribution in [3.05, 3.63) is 46.5 Å². The summed E-state index contributed by atoms with van der Waals surface area (Å²) in [7, 11) is -3.05. The molecule has 2 aromatic rings. The third kappa shape index (κ3) is 3.48. The largest absolute Gasteiger partial charge is 0.321 e. The van der Waals surface area contributed by atoms with Crippen LogP contribution in [0.15, 0.2) is 24.3 Å². The lowest BCUT2D eigenvalue weighted by atomic mass is 10.2. The fourth-order valence-electron chi connectivity index (χ4n) is 3.23. The number of benzene rings is 1. The minimum atomic E-state index is -3.05. The summed E-state index contributed by atoms with van der Waals surface area (Å²) in [5.74, 6) is -0.463. The number of sulfone groups is 1. The highest BCUT2D eigenvalue weighted by atomic mass is 35.5. The van der Waals surface area contributed by atoms with E-state index in [1.165, 1.54) is 18.2 Å². The first-order valence-electron chi connectivity index (χ1n) is 8.39. The highest BCUT2D eigenvalue weighted by Gasteiger charge is 2.36. The van der Waals surface area contributed by atoms with Crippen molar-refractivity contribution in [3.8, 4) is 0 Å². The molecule has 1 saturated heterocycles. The zero-order valence-electron chi connectivity index (χ0n) is 13.8. The SMILES string of the molecule is O=C(Nc1ccc(F)c(Cl)c1)c1cc(C2CC2)n([C@H]2CCS(=O)(=O)C2)n1. The maximum absolute atomic E-state index is 13.2. The highest BCUT2D eigenvalue weighted by Crippen LogP contribution is 2.42. The molecule has 2 aliphatic rings. The van der Waals surface area contributed by atoms with Crippen LogP contribution in [0, 0.1) is 5.82 Å². The molecule has 1 aliphatic carbocycles. The summed E-state index contributed by atoms with van der Waals surface area (Å²) in [5.41, 5.74) is 1.50. The van der Waals surface area contributed by atoms with E-state index in [1.54, 1.807) is 10.7 Å². The van der Waals surface area contributed by atoms with Gasteiger partial charge in [-0.3, -0.25) is 9.48 Å². The van der Waals surface area contributed by atoms with Crippen LogP contribution < -0.4 is 5.32 Å². The maximum atomic E-state index is 13.2. The Hall–Kier alpha value is -1.93. The predicted octanol–water partition coefficient (Wildman–Crippen LogP) is 3.16. The summed E-state index contributed by atoms with van der Waals surface area (Å²) in [6.45, 7) is 0. The van der Waals surface area contributed by atoms with E-state index in [0.717, 1.165) is 18.5 Å². The van der Waals surface area contributed by atoms with Gasteiger partial charge in [-0.25, -0.2) is 12.8 Å². The van der Waals surface area contributed by atoms with Gasteiger partial charge in [0.2, 0.25) is 0 Å². The van der Waals surface area contributed by atoms with Gasteiger partial charge in [-0.05, 0) is 43.5 Å². The van der Waals surface area contributed by atoms with Crippen LogP contribution in [0.1, 0.15) is 47.4 Å². The molecule has 1 aromatic heterocycles. The van der Waals surface area contributed by atoms with Gasteiger partial charge < -0.3 is 5.32 Å². The molecule has 2 fully saturated rings. The molecule has 26 heavy (non-hydrogen) atoms. The molecule has 2 heterocycles. The molecule has 0 radical (unpaired) electrons. The van der Waals surface area contributed by atoms with Crippen LogP contribution in [0.4, 0.5) is 10.1 Å². The van der Waals surface area contributed by atoms with Crippen LogP contribution in [-0.4, -0.2) is 35.6 Å². The minimum absolute atomic E-state index is 0.0586. The van der Waals surface area contributed by atoms with Gasteiger partial charge >= 0.3 is 0 Å². The normalized spacial score (nSPS) is 21.7. The van der Waals surface area contributed by atoms with Gasteiger partial charge in [-0.1, -0.05) is 11.6 Å². The average Bonchev–Trinajstić information content (AvgIpc) is 3.22. The molecule has 138 valence electrons. The Balaban J connectivity index is 1.59. The average molecular weight is 398 g/mol. The summed E-state index contributed by atoms with van der Waals surface area (Å²) >= 11 is 5.73. The molecule has 4 rings (SSSR count). The molecule has 0 spiro atoms. The number of nitrogens with one attached hydrogen (secondary N) is 1. The second kappa shape index (κ2) is 6.35. The van der Waals surface area contributed by atoms with Crippen LogP contribution in [0.5, 0.6) is 0 Å². The lowest BCUT2D eigenvalue weighted by Gasteiger charge is -2.12. The van der Waals surface area contributed by atoms with E-state index in [9.17, 15) is 17.6 Å². The van der Waals surface area contributed by atoms with E-state index in [0.29, 0.717) is 18.0 Å². The predicted molar refractivity (Wildman–Crippen MR) is 95.9 cm³/mol. The fraction of sp³-hybridized carbons (Fsp3) is 0.412. The number of hydrogen-bond acceptors (Lipinski definition) is 4. The molecule has 1 N–H and O–H groups in total. The van der Waals surface area contributed by atoms with E-state index >= 15 is 0 Å². The molecule has 0 unspecified atom stereocenters. The maximum Gasteiger partial charge on any atom is 0.276 e. The first kappa shape index (κ1) is 17.5. The molecule has 0 bridgehead atoms. The van der Waals surface area contributed by atoms with Crippen LogP contribution >= 0.6 is 11.6 Å². The first-order valence-corrected chi connectivity index (χ1v) is 10.6. The van der Waals surface area contributed by atoms with Gasteiger partial charge in [0.05, 0.1) is 22.6 Å². The van der Waals surface area contributed by atoms with Gasteiger partial charge in [0, 0.05) is 17.3 Å². The van der Waals surface area contributed by atoms with Crippen molar-refractivity contribution in [1.29, 1.82) is 0 Å². The quantitative estimate of drug-likeness (QED) is 0.859. The number of anilines is 1. The second-order valence-electron chi connectivity index (χ2n) is 6.81. The Bertz CT molecular complexity index is 985. The highest BCUT2D eigenvalue weighted by molar-refractivity contribution is 7.91.